The van der Waals surface area contributed by atoms with Crippen LogP contribution in [-0.4, -0.2) is 11.5 Å². The summed E-state index contributed by atoms with van der Waals surface area (Å²) in [6.07, 6.45) is 0. The lowest BCUT2D eigenvalue weighted by atomic mass is 10.1. The second-order valence-electron chi connectivity index (χ2n) is 5.04. The Morgan fingerprint density at radius 2 is 1.86 bits per heavy atom. The standard InChI is InChI=1S/C18H17BrN2/c1-3-20-16-11-15(13-7-5-4-6-8-13)21-18-14(16)10-9-12(2)17(18)19/h4-11H,3H2,1-2H3,(H,20,21). The van der Waals surface area contributed by atoms with Crippen LogP contribution in [-0.2, 0) is 0 Å². The largest absolute Gasteiger partial charge is 0.385 e. The lowest BCUT2D eigenvalue weighted by molar-refractivity contribution is 1.21. The highest BCUT2D eigenvalue weighted by Gasteiger charge is 2.10. The molecule has 1 heterocycles. The number of halogens is 1. The summed E-state index contributed by atoms with van der Waals surface area (Å²) < 4.78 is 1.07. The van der Waals surface area contributed by atoms with Gasteiger partial charge in [-0.05, 0) is 41.4 Å². The van der Waals surface area contributed by atoms with Crippen molar-refractivity contribution in [3.05, 3.63) is 58.6 Å². The van der Waals surface area contributed by atoms with Crippen LogP contribution < -0.4 is 5.32 Å². The van der Waals surface area contributed by atoms with E-state index in [0.29, 0.717) is 0 Å². The predicted molar refractivity (Wildman–Crippen MR) is 93.8 cm³/mol. The minimum absolute atomic E-state index is 0.888. The Morgan fingerprint density at radius 1 is 1.10 bits per heavy atom. The third-order valence-electron chi connectivity index (χ3n) is 3.55. The summed E-state index contributed by atoms with van der Waals surface area (Å²) in [7, 11) is 0. The molecule has 3 heteroatoms. The summed E-state index contributed by atoms with van der Waals surface area (Å²) in [4.78, 5) is 4.86. The lowest BCUT2D eigenvalue weighted by Crippen LogP contribution is -2.00. The topological polar surface area (TPSA) is 24.9 Å². The van der Waals surface area contributed by atoms with E-state index in [-0.39, 0.29) is 0 Å². The van der Waals surface area contributed by atoms with Gasteiger partial charge in [0.2, 0.25) is 0 Å². The number of fused-ring (bicyclic) bond motifs is 1. The normalized spacial score (nSPS) is 10.8. The summed E-state index contributed by atoms with van der Waals surface area (Å²) in [5.41, 5.74) is 5.45. The highest BCUT2D eigenvalue weighted by Crippen LogP contribution is 2.33. The molecule has 0 spiro atoms. The molecule has 21 heavy (non-hydrogen) atoms. The van der Waals surface area contributed by atoms with E-state index in [1.807, 2.05) is 18.2 Å². The van der Waals surface area contributed by atoms with Crippen molar-refractivity contribution in [2.45, 2.75) is 13.8 Å². The zero-order chi connectivity index (χ0) is 14.8. The van der Waals surface area contributed by atoms with Gasteiger partial charge in [-0.25, -0.2) is 4.98 Å². The molecule has 0 aliphatic heterocycles. The molecule has 2 aromatic carbocycles. The molecule has 0 radical (unpaired) electrons. The number of aromatic nitrogens is 1. The summed E-state index contributed by atoms with van der Waals surface area (Å²) in [5.74, 6) is 0. The molecule has 0 atom stereocenters. The molecule has 0 fully saturated rings. The first kappa shape index (κ1) is 14.1. The smallest absolute Gasteiger partial charge is 0.0874 e. The molecule has 0 saturated carbocycles. The van der Waals surface area contributed by atoms with E-state index in [0.717, 1.165) is 38.9 Å². The number of aryl methyl sites for hydroxylation is 1. The third-order valence-corrected chi connectivity index (χ3v) is 4.55. The monoisotopic (exact) mass is 340 g/mol. The van der Waals surface area contributed by atoms with Crippen LogP contribution in [0.15, 0.2) is 53.0 Å². The van der Waals surface area contributed by atoms with Crippen molar-refractivity contribution in [1.82, 2.24) is 4.98 Å². The number of hydrogen-bond acceptors (Lipinski definition) is 2. The van der Waals surface area contributed by atoms with Gasteiger partial charge in [-0.2, -0.15) is 0 Å². The van der Waals surface area contributed by atoms with Crippen molar-refractivity contribution in [3.63, 3.8) is 0 Å². The number of anilines is 1. The predicted octanol–water partition coefficient (Wildman–Crippen LogP) is 5.40. The van der Waals surface area contributed by atoms with Gasteiger partial charge in [0.1, 0.15) is 0 Å². The van der Waals surface area contributed by atoms with E-state index >= 15 is 0 Å². The summed E-state index contributed by atoms with van der Waals surface area (Å²) in [6.45, 7) is 5.09. The number of pyridine rings is 1. The number of hydrogen-bond donors (Lipinski definition) is 1. The SMILES string of the molecule is CCNc1cc(-c2ccccc2)nc2c(Br)c(C)ccc12. The highest BCUT2D eigenvalue weighted by molar-refractivity contribution is 9.10. The van der Waals surface area contributed by atoms with Crippen molar-refractivity contribution in [2.24, 2.45) is 0 Å². The van der Waals surface area contributed by atoms with E-state index < -0.39 is 0 Å². The van der Waals surface area contributed by atoms with Gasteiger partial charge in [-0.3, -0.25) is 0 Å². The zero-order valence-electron chi connectivity index (χ0n) is 12.2. The van der Waals surface area contributed by atoms with Crippen molar-refractivity contribution < 1.29 is 0 Å². The Hall–Kier alpha value is -1.87. The number of nitrogens with zero attached hydrogens (tertiary/aromatic N) is 1. The Balaban J connectivity index is 2.30. The van der Waals surface area contributed by atoms with Gasteiger partial charge in [0, 0.05) is 27.7 Å². The maximum Gasteiger partial charge on any atom is 0.0874 e. The molecule has 1 aromatic heterocycles. The average molecular weight is 341 g/mol. The summed E-state index contributed by atoms with van der Waals surface area (Å²) in [6, 6.07) is 16.7. The first-order chi connectivity index (χ1) is 10.2. The van der Waals surface area contributed by atoms with Crippen LogP contribution in [0.25, 0.3) is 22.2 Å². The van der Waals surface area contributed by atoms with Gasteiger partial charge >= 0.3 is 0 Å². The molecular formula is C18H17BrN2. The van der Waals surface area contributed by atoms with Crippen LogP contribution in [0, 0.1) is 6.92 Å². The Bertz CT molecular complexity index is 782. The average Bonchev–Trinajstić information content (AvgIpc) is 2.52. The fourth-order valence-corrected chi connectivity index (χ4v) is 2.89. The minimum Gasteiger partial charge on any atom is -0.385 e. The molecule has 0 unspecified atom stereocenters. The molecule has 0 bridgehead atoms. The van der Waals surface area contributed by atoms with Crippen molar-refractivity contribution in [1.29, 1.82) is 0 Å². The number of benzene rings is 2. The van der Waals surface area contributed by atoms with Crippen LogP contribution in [0.3, 0.4) is 0 Å². The first-order valence-corrected chi connectivity index (χ1v) is 7.89. The van der Waals surface area contributed by atoms with Gasteiger partial charge in [-0.15, -0.1) is 0 Å². The Kier molecular flexibility index (Phi) is 3.93. The molecule has 0 aliphatic carbocycles. The van der Waals surface area contributed by atoms with Gasteiger partial charge in [0.25, 0.3) is 0 Å². The minimum atomic E-state index is 0.888. The maximum absolute atomic E-state index is 4.86. The molecule has 0 amide bonds. The van der Waals surface area contributed by atoms with E-state index in [9.17, 15) is 0 Å². The molecule has 3 aromatic rings. The second-order valence-corrected chi connectivity index (χ2v) is 5.84. The van der Waals surface area contributed by atoms with Crippen molar-refractivity contribution in [3.8, 4) is 11.3 Å². The highest BCUT2D eigenvalue weighted by atomic mass is 79.9. The second kappa shape index (κ2) is 5.86. The first-order valence-electron chi connectivity index (χ1n) is 7.10. The fourth-order valence-electron chi connectivity index (χ4n) is 2.45. The zero-order valence-corrected chi connectivity index (χ0v) is 13.7. The van der Waals surface area contributed by atoms with E-state index in [4.69, 9.17) is 4.98 Å². The van der Waals surface area contributed by atoms with Gasteiger partial charge in [-0.1, -0.05) is 42.5 Å². The third kappa shape index (κ3) is 2.66. The fraction of sp³-hybridized carbons (Fsp3) is 0.167. The van der Waals surface area contributed by atoms with Gasteiger partial charge in [0.15, 0.2) is 0 Å². The molecule has 3 rings (SSSR count). The number of rotatable bonds is 3. The summed E-state index contributed by atoms with van der Waals surface area (Å²) in [5, 5.41) is 4.59. The molecule has 0 aliphatic rings. The van der Waals surface area contributed by atoms with Gasteiger partial charge in [0.05, 0.1) is 11.2 Å². The molecule has 0 saturated heterocycles. The molecule has 1 N–H and O–H groups in total. The van der Waals surface area contributed by atoms with Crippen LogP contribution in [0.2, 0.25) is 0 Å². The maximum atomic E-state index is 4.86. The van der Waals surface area contributed by atoms with E-state index in [1.165, 1.54) is 5.56 Å². The summed E-state index contributed by atoms with van der Waals surface area (Å²) >= 11 is 3.68. The van der Waals surface area contributed by atoms with Crippen molar-refractivity contribution in [2.75, 3.05) is 11.9 Å². The Morgan fingerprint density at radius 3 is 2.57 bits per heavy atom. The Labute approximate surface area is 133 Å². The van der Waals surface area contributed by atoms with Gasteiger partial charge < -0.3 is 5.32 Å². The van der Waals surface area contributed by atoms with Crippen LogP contribution >= 0.6 is 15.9 Å². The van der Waals surface area contributed by atoms with Crippen LogP contribution in [0.1, 0.15) is 12.5 Å². The molecular weight excluding hydrogens is 324 g/mol. The molecule has 2 nitrogen and oxygen atoms in total. The van der Waals surface area contributed by atoms with Crippen molar-refractivity contribution >= 4 is 32.5 Å². The van der Waals surface area contributed by atoms with E-state index in [2.05, 4.69) is 65.4 Å². The van der Waals surface area contributed by atoms with Crippen LogP contribution in [0.5, 0.6) is 0 Å². The molecule has 106 valence electrons. The van der Waals surface area contributed by atoms with Crippen LogP contribution in [0.4, 0.5) is 5.69 Å². The lowest BCUT2D eigenvalue weighted by Gasteiger charge is -2.13. The quantitative estimate of drug-likeness (QED) is 0.689. The number of nitrogens with one attached hydrogen (secondary N) is 1. The van der Waals surface area contributed by atoms with E-state index in [1.54, 1.807) is 0 Å².